The van der Waals surface area contributed by atoms with Crippen molar-refractivity contribution in [1.82, 2.24) is 9.78 Å². The van der Waals surface area contributed by atoms with Gasteiger partial charge in [0.25, 0.3) is 0 Å². The molecule has 17 heavy (non-hydrogen) atoms. The number of carboxylic acid groups (broad SMARTS) is 1. The Bertz CT molecular complexity index is 563. The van der Waals surface area contributed by atoms with Crippen LogP contribution in [0.2, 0.25) is 0 Å². The highest BCUT2D eigenvalue weighted by molar-refractivity contribution is 5.70. The number of rotatable bonds is 3. The molecule has 88 valence electrons. The van der Waals surface area contributed by atoms with E-state index in [1.807, 2.05) is 0 Å². The van der Waals surface area contributed by atoms with Gasteiger partial charge in [-0.15, -0.1) is 0 Å². The lowest BCUT2D eigenvalue weighted by molar-refractivity contribution is -0.136. The number of hydrogen-bond acceptors (Lipinski definition) is 2. The van der Waals surface area contributed by atoms with E-state index in [-0.39, 0.29) is 12.2 Å². The first-order chi connectivity index (χ1) is 8.06. The SMILES string of the molecule is Cn1nc(CC(=O)O)cc1-c1cccc(F)c1. The second kappa shape index (κ2) is 4.37. The third-order valence-electron chi connectivity index (χ3n) is 2.38. The van der Waals surface area contributed by atoms with E-state index in [9.17, 15) is 9.18 Å². The lowest BCUT2D eigenvalue weighted by Crippen LogP contribution is -2.01. The Kier molecular flexibility index (Phi) is 2.91. The summed E-state index contributed by atoms with van der Waals surface area (Å²) < 4.78 is 14.6. The Balaban J connectivity index is 2.39. The highest BCUT2D eigenvalue weighted by Crippen LogP contribution is 2.20. The number of carbonyl (C=O) groups is 1. The summed E-state index contributed by atoms with van der Waals surface area (Å²) in [5, 5.41) is 12.7. The van der Waals surface area contributed by atoms with Gasteiger partial charge in [-0.2, -0.15) is 5.10 Å². The largest absolute Gasteiger partial charge is 0.481 e. The average molecular weight is 234 g/mol. The molecule has 1 aromatic heterocycles. The maximum Gasteiger partial charge on any atom is 0.309 e. The molecule has 0 bridgehead atoms. The molecule has 0 aliphatic carbocycles. The molecule has 0 spiro atoms. The van der Waals surface area contributed by atoms with E-state index in [4.69, 9.17) is 5.11 Å². The highest BCUT2D eigenvalue weighted by Gasteiger charge is 2.10. The van der Waals surface area contributed by atoms with E-state index in [2.05, 4.69) is 5.10 Å². The minimum atomic E-state index is -0.936. The molecule has 1 N–H and O–H groups in total. The number of halogens is 1. The minimum absolute atomic E-state index is 0.136. The second-order valence-corrected chi connectivity index (χ2v) is 3.73. The van der Waals surface area contributed by atoms with Gasteiger partial charge in [0.2, 0.25) is 0 Å². The summed E-state index contributed by atoms with van der Waals surface area (Å²) in [5.41, 5.74) is 1.83. The monoisotopic (exact) mass is 234 g/mol. The van der Waals surface area contributed by atoms with Crippen LogP contribution in [0.3, 0.4) is 0 Å². The van der Waals surface area contributed by atoms with Crippen molar-refractivity contribution in [3.63, 3.8) is 0 Å². The van der Waals surface area contributed by atoms with Gasteiger partial charge in [-0.3, -0.25) is 9.48 Å². The van der Waals surface area contributed by atoms with Crippen LogP contribution < -0.4 is 0 Å². The first kappa shape index (κ1) is 11.3. The van der Waals surface area contributed by atoms with Crippen molar-refractivity contribution in [3.8, 4) is 11.3 Å². The van der Waals surface area contributed by atoms with Crippen LogP contribution in [-0.2, 0) is 18.3 Å². The molecule has 0 radical (unpaired) electrons. The predicted octanol–water partition coefficient (Wildman–Crippen LogP) is 1.85. The Morgan fingerprint density at radius 1 is 1.47 bits per heavy atom. The standard InChI is InChI=1S/C12H11FN2O2/c1-15-11(6-10(14-15)7-12(16)17)8-3-2-4-9(13)5-8/h2-6H,7H2,1H3,(H,16,17). The zero-order valence-corrected chi connectivity index (χ0v) is 9.22. The normalized spacial score (nSPS) is 10.5. The minimum Gasteiger partial charge on any atom is -0.481 e. The molecule has 0 aliphatic heterocycles. The Hall–Kier alpha value is -2.17. The van der Waals surface area contributed by atoms with Gasteiger partial charge >= 0.3 is 5.97 Å². The van der Waals surface area contributed by atoms with Gasteiger partial charge < -0.3 is 5.11 Å². The lowest BCUT2D eigenvalue weighted by atomic mass is 10.1. The van der Waals surface area contributed by atoms with E-state index in [0.29, 0.717) is 17.0 Å². The van der Waals surface area contributed by atoms with Gasteiger partial charge in [0.05, 0.1) is 17.8 Å². The molecule has 1 aromatic carbocycles. The third kappa shape index (κ3) is 2.50. The number of nitrogens with zero attached hydrogens (tertiary/aromatic N) is 2. The molecule has 1 heterocycles. The van der Waals surface area contributed by atoms with E-state index in [1.165, 1.54) is 12.1 Å². The van der Waals surface area contributed by atoms with E-state index < -0.39 is 5.97 Å². The van der Waals surface area contributed by atoms with E-state index in [1.54, 1.807) is 29.9 Å². The number of benzene rings is 1. The van der Waals surface area contributed by atoms with Crippen molar-refractivity contribution in [2.24, 2.45) is 7.05 Å². The molecule has 2 aromatic rings. The van der Waals surface area contributed by atoms with Crippen LogP contribution in [0.1, 0.15) is 5.69 Å². The molecular formula is C12H11FN2O2. The summed E-state index contributed by atoms with van der Waals surface area (Å²) in [6.45, 7) is 0. The summed E-state index contributed by atoms with van der Waals surface area (Å²) in [4.78, 5) is 10.6. The average Bonchev–Trinajstić information content (AvgIpc) is 2.58. The molecule has 0 aliphatic rings. The van der Waals surface area contributed by atoms with Crippen LogP contribution >= 0.6 is 0 Å². The van der Waals surface area contributed by atoms with Crippen molar-refractivity contribution in [3.05, 3.63) is 41.8 Å². The molecule has 0 amide bonds. The summed E-state index contributed by atoms with van der Waals surface area (Å²) >= 11 is 0. The van der Waals surface area contributed by atoms with E-state index in [0.717, 1.165) is 0 Å². The molecular weight excluding hydrogens is 223 g/mol. The summed E-state index contributed by atoms with van der Waals surface area (Å²) in [7, 11) is 1.70. The molecule has 5 heteroatoms. The van der Waals surface area contributed by atoms with Crippen LogP contribution in [0, 0.1) is 5.82 Å². The molecule has 0 saturated carbocycles. The van der Waals surface area contributed by atoms with Crippen molar-refractivity contribution >= 4 is 5.97 Å². The van der Waals surface area contributed by atoms with Crippen molar-refractivity contribution in [1.29, 1.82) is 0 Å². The van der Waals surface area contributed by atoms with Gasteiger partial charge in [0, 0.05) is 12.6 Å². The predicted molar refractivity (Wildman–Crippen MR) is 59.9 cm³/mol. The molecule has 0 saturated heterocycles. The Morgan fingerprint density at radius 2 is 2.24 bits per heavy atom. The first-order valence-corrected chi connectivity index (χ1v) is 5.07. The van der Waals surface area contributed by atoms with Crippen LogP contribution in [0.4, 0.5) is 4.39 Å². The molecule has 0 fully saturated rings. The molecule has 4 nitrogen and oxygen atoms in total. The van der Waals surface area contributed by atoms with E-state index >= 15 is 0 Å². The van der Waals surface area contributed by atoms with Crippen LogP contribution in [0.15, 0.2) is 30.3 Å². The summed E-state index contributed by atoms with van der Waals surface area (Å²) in [6, 6.07) is 7.77. The number of aromatic nitrogens is 2. The van der Waals surface area contributed by atoms with Gasteiger partial charge in [-0.05, 0) is 18.2 Å². The quantitative estimate of drug-likeness (QED) is 0.881. The van der Waals surface area contributed by atoms with Gasteiger partial charge in [-0.25, -0.2) is 4.39 Å². The Morgan fingerprint density at radius 3 is 2.88 bits per heavy atom. The van der Waals surface area contributed by atoms with Crippen molar-refractivity contribution in [2.75, 3.05) is 0 Å². The van der Waals surface area contributed by atoms with Crippen LogP contribution in [0.5, 0.6) is 0 Å². The number of hydrogen-bond donors (Lipinski definition) is 1. The fourth-order valence-corrected chi connectivity index (χ4v) is 1.69. The maximum atomic E-state index is 13.1. The number of aliphatic carboxylic acids is 1. The molecule has 0 atom stereocenters. The lowest BCUT2D eigenvalue weighted by Gasteiger charge is -2.00. The Labute approximate surface area is 97.3 Å². The number of aryl methyl sites for hydroxylation is 1. The van der Waals surface area contributed by atoms with Crippen molar-refractivity contribution < 1.29 is 14.3 Å². The maximum absolute atomic E-state index is 13.1. The zero-order chi connectivity index (χ0) is 12.4. The van der Waals surface area contributed by atoms with Crippen molar-refractivity contribution in [2.45, 2.75) is 6.42 Å². The smallest absolute Gasteiger partial charge is 0.309 e. The topological polar surface area (TPSA) is 55.1 Å². The van der Waals surface area contributed by atoms with Crippen LogP contribution in [-0.4, -0.2) is 20.9 Å². The second-order valence-electron chi connectivity index (χ2n) is 3.73. The van der Waals surface area contributed by atoms with Crippen LogP contribution in [0.25, 0.3) is 11.3 Å². The zero-order valence-electron chi connectivity index (χ0n) is 9.22. The fraction of sp³-hybridized carbons (Fsp3) is 0.167. The highest BCUT2D eigenvalue weighted by atomic mass is 19.1. The molecule has 2 rings (SSSR count). The molecule has 0 unspecified atom stereocenters. The third-order valence-corrected chi connectivity index (χ3v) is 2.38. The van der Waals surface area contributed by atoms with Gasteiger partial charge in [0.1, 0.15) is 5.82 Å². The first-order valence-electron chi connectivity index (χ1n) is 5.07. The summed E-state index contributed by atoms with van der Waals surface area (Å²) in [5.74, 6) is -1.27. The van der Waals surface area contributed by atoms with Gasteiger partial charge in [-0.1, -0.05) is 12.1 Å². The van der Waals surface area contributed by atoms with Gasteiger partial charge in [0.15, 0.2) is 0 Å². The fourth-order valence-electron chi connectivity index (χ4n) is 1.69. The summed E-state index contributed by atoms with van der Waals surface area (Å²) in [6.07, 6.45) is -0.136. The number of carboxylic acids is 1.